The first-order valence-corrected chi connectivity index (χ1v) is 7.24. The number of carbonyl (C=O) groups is 1. The number of ether oxygens (including phenoxy) is 1. The Hall–Kier alpha value is -3.29. The average molecular weight is 320 g/mol. The number of azide groups is 1. The second kappa shape index (κ2) is 6.86. The van der Waals surface area contributed by atoms with Crippen molar-refractivity contribution < 1.29 is 9.53 Å². The van der Waals surface area contributed by atoms with E-state index in [-0.39, 0.29) is 5.69 Å². The molecule has 2 rings (SSSR count). The van der Waals surface area contributed by atoms with Gasteiger partial charge in [-0.2, -0.15) is 0 Å². The van der Waals surface area contributed by atoms with Gasteiger partial charge in [-0.3, -0.25) is 0 Å². The quantitative estimate of drug-likeness (QED) is 0.182. The highest BCUT2D eigenvalue weighted by Crippen LogP contribution is 2.33. The van der Waals surface area contributed by atoms with E-state index in [4.69, 9.17) is 16.8 Å². The van der Waals surface area contributed by atoms with Gasteiger partial charge in [0.05, 0.1) is 6.57 Å². The van der Waals surface area contributed by atoms with Crippen LogP contribution in [-0.4, -0.2) is 11.6 Å². The molecule has 0 spiro atoms. The lowest BCUT2D eigenvalue weighted by molar-refractivity contribution is -0.148. The molecule has 6 heteroatoms. The van der Waals surface area contributed by atoms with Gasteiger partial charge in [-0.25, -0.2) is 9.64 Å². The number of hydrogen-bond donors (Lipinski definition) is 0. The van der Waals surface area contributed by atoms with Crippen molar-refractivity contribution in [1.82, 2.24) is 0 Å². The molecular weight excluding hydrogens is 304 g/mol. The molecule has 0 saturated heterocycles. The highest BCUT2D eigenvalue weighted by molar-refractivity contribution is 5.94. The zero-order chi connectivity index (χ0) is 17.7. The number of fused-ring (bicyclic) bond motifs is 1. The predicted octanol–water partition coefficient (Wildman–Crippen LogP) is 5.69. The highest BCUT2D eigenvalue weighted by Gasteiger charge is 2.13. The van der Waals surface area contributed by atoms with Crippen molar-refractivity contribution >= 4 is 34.2 Å². The molecule has 0 N–H and O–H groups in total. The summed E-state index contributed by atoms with van der Waals surface area (Å²) >= 11 is 0. The first-order valence-electron chi connectivity index (χ1n) is 7.24. The van der Waals surface area contributed by atoms with Gasteiger partial charge in [0.1, 0.15) is 5.60 Å². The van der Waals surface area contributed by atoms with Crippen LogP contribution in [0.1, 0.15) is 26.3 Å². The molecule has 0 aliphatic rings. The van der Waals surface area contributed by atoms with Gasteiger partial charge >= 0.3 is 5.97 Å². The molecule has 2 aromatic rings. The number of benzene rings is 2. The van der Waals surface area contributed by atoms with Gasteiger partial charge in [0.2, 0.25) is 0 Å². The molecule has 24 heavy (non-hydrogen) atoms. The van der Waals surface area contributed by atoms with Gasteiger partial charge < -0.3 is 4.74 Å². The van der Waals surface area contributed by atoms with Crippen molar-refractivity contribution in [1.29, 1.82) is 0 Å². The van der Waals surface area contributed by atoms with E-state index in [1.54, 1.807) is 18.2 Å². The predicted molar refractivity (Wildman–Crippen MR) is 93.9 cm³/mol. The second-order valence-corrected chi connectivity index (χ2v) is 6.12. The van der Waals surface area contributed by atoms with Crippen molar-refractivity contribution in [2.75, 3.05) is 0 Å². The second-order valence-electron chi connectivity index (χ2n) is 6.12. The molecule has 0 aliphatic heterocycles. The van der Waals surface area contributed by atoms with Crippen LogP contribution in [-0.2, 0) is 9.53 Å². The SMILES string of the molecule is [C-]#[N+]c1cc2cc(/C=C/C(=O)OC(C)(C)C)ccc2cc1N=[N+]=[N-]. The van der Waals surface area contributed by atoms with E-state index >= 15 is 0 Å². The van der Waals surface area contributed by atoms with E-state index in [2.05, 4.69) is 14.9 Å². The number of carbonyl (C=O) groups excluding carboxylic acids is 1. The van der Waals surface area contributed by atoms with Crippen molar-refractivity contribution in [3.8, 4) is 0 Å². The first-order chi connectivity index (χ1) is 11.3. The number of esters is 1. The largest absolute Gasteiger partial charge is 0.457 e. The third-order valence-electron chi connectivity index (χ3n) is 3.05. The minimum Gasteiger partial charge on any atom is -0.457 e. The average Bonchev–Trinajstić information content (AvgIpc) is 2.51. The summed E-state index contributed by atoms with van der Waals surface area (Å²) in [6.07, 6.45) is 3.03. The summed E-state index contributed by atoms with van der Waals surface area (Å²) in [4.78, 5) is 17.8. The zero-order valence-electron chi connectivity index (χ0n) is 13.6. The van der Waals surface area contributed by atoms with Gasteiger partial charge in [0.25, 0.3) is 0 Å². The Balaban J connectivity index is 2.35. The Morgan fingerprint density at radius 3 is 2.62 bits per heavy atom. The molecule has 0 radical (unpaired) electrons. The van der Waals surface area contributed by atoms with Crippen molar-refractivity contribution in [2.24, 2.45) is 5.11 Å². The maximum Gasteiger partial charge on any atom is 0.331 e. The van der Waals surface area contributed by atoms with Crippen molar-refractivity contribution in [3.05, 3.63) is 63.8 Å². The Kier molecular flexibility index (Phi) is 4.88. The maximum atomic E-state index is 11.7. The Morgan fingerprint density at radius 2 is 2.00 bits per heavy atom. The zero-order valence-corrected chi connectivity index (χ0v) is 13.6. The number of nitrogens with zero attached hydrogens (tertiary/aromatic N) is 4. The molecule has 0 unspecified atom stereocenters. The molecule has 0 atom stereocenters. The lowest BCUT2D eigenvalue weighted by atomic mass is 10.0. The van der Waals surface area contributed by atoms with E-state index in [0.29, 0.717) is 5.69 Å². The van der Waals surface area contributed by atoms with Gasteiger partial charge in [-0.1, -0.05) is 23.3 Å². The summed E-state index contributed by atoms with van der Waals surface area (Å²) in [5, 5.41) is 5.21. The van der Waals surface area contributed by atoms with Crippen LogP contribution in [0.5, 0.6) is 0 Å². The van der Waals surface area contributed by atoms with Gasteiger partial charge in [0, 0.05) is 16.7 Å². The minimum atomic E-state index is -0.535. The summed E-state index contributed by atoms with van der Waals surface area (Å²) in [5.74, 6) is -0.414. The standard InChI is InChI=1S/C18H16N4O2/c1-18(2,3)24-17(23)8-6-12-5-7-13-10-16(21-22-19)15(20-4)11-14(13)9-12/h5-11H,1-3H3/b8-6+. The van der Waals surface area contributed by atoms with E-state index in [9.17, 15) is 4.79 Å². The van der Waals surface area contributed by atoms with Crippen molar-refractivity contribution in [3.63, 3.8) is 0 Å². The fraction of sp³-hybridized carbons (Fsp3) is 0.222. The van der Waals surface area contributed by atoms with E-state index in [1.165, 1.54) is 6.08 Å². The van der Waals surface area contributed by atoms with Crippen LogP contribution in [0.3, 0.4) is 0 Å². The summed E-state index contributed by atoms with van der Waals surface area (Å²) in [5.41, 5.74) is 9.42. The lowest BCUT2D eigenvalue weighted by Crippen LogP contribution is -2.22. The lowest BCUT2D eigenvalue weighted by Gasteiger charge is -2.17. The molecule has 0 saturated carbocycles. The molecular formula is C18H16N4O2. The molecule has 120 valence electrons. The molecule has 2 aromatic carbocycles. The van der Waals surface area contributed by atoms with E-state index in [1.807, 2.05) is 39.0 Å². The summed E-state index contributed by atoms with van der Waals surface area (Å²) < 4.78 is 5.21. The smallest absolute Gasteiger partial charge is 0.331 e. The molecule has 0 aliphatic carbocycles. The van der Waals surface area contributed by atoms with E-state index in [0.717, 1.165) is 16.3 Å². The normalized spacial score (nSPS) is 11.1. The van der Waals surface area contributed by atoms with Gasteiger partial charge in [0.15, 0.2) is 5.69 Å². The van der Waals surface area contributed by atoms with Gasteiger partial charge in [-0.15, -0.1) is 0 Å². The van der Waals surface area contributed by atoms with Crippen molar-refractivity contribution in [2.45, 2.75) is 26.4 Å². The minimum absolute atomic E-state index is 0.286. The number of hydrogen-bond acceptors (Lipinski definition) is 3. The Morgan fingerprint density at radius 1 is 1.25 bits per heavy atom. The number of rotatable bonds is 3. The third kappa shape index (κ3) is 4.35. The van der Waals surface area contributed by atoms with Crippen LogP contribution in [0.4, 0.5) is 11.4 Å². The molecule has 0 fully saturated rings. The summed E-state index contributed by atoms with van der Waals surface area (Å²) in [6.45, 7) is 12.6. The van der Waals surface area contributed by atoms with E-state index < -0.39 is 11.6 Å². The summed E-state index contributed by atoms with van der Waals surface area (Å²) in [6, 6.07) is 8.86. The van der Waals surface area contributed by atoms with Crippen LogP contribution in [0, 0.1) is 6.57 Å². The molecule has 0 heterocycles. The Labute approximate surface area is 139 Å². The van der Waals surface area contributed by atoms with Crippen LogP contribution in [0.15, 0.2) is 41.5 Å². The van der Waals surface area contributed by atoms with Crippen LogP contribution in [0.25, 0.3) is 32.1 Å². The monoisotopic (exact) mass is 320 g/mol. The fourth-order valence-electron chi connectivity index (χ4n) is 2.11. The topological polar surface area (TPSA) is 79.4 Å². The molecule has 0 aromatic heterocycles. The van der Waals surface area contributed by atoms with Crippen LogP contribution in [0.2, 0.25) is 0 Å². The van der Waals surface area contributed by atoms with Gasteiger partial charge in [-0.05, 0) is 60.8 Å². The van der Waals surface area contributed by atoms with Crippen LogP contribution >= 0.6 is 0 Å². The molecule has 0 bridgehead atoms. The fourth-order valence-corrected chi connectivity index (χ4v) is 2.11. The van der Waals surface area contributed by atoms with Crippen LogP contribution < -0.4 is 0 Å². The summed E-state index contributed by atoms with van der Waals surface area (Å²) in [7, 11) is 0. The molecule has 6 nitrogen and oxygen atoms in total. The molecule has 0 amide bonds. The Bertz CT molecular complexity index is 911. The first kappa shape index (κ1) is 17.1. The third-order valence-corrected chi connectivity index (χ3v) is 3.05. The maximum absolute atomic E-state index is 11.7. The highest BCUT2D eigenvalue weighted by atomic mass is 16.6.